The lowest BCUT2D eigenvalue weighted by molar-refractivity contribution is 1.21. The highest BCUT2D eigenvalue weighted by atomic mass is 15.1. The molecule has 0 amide bonds. The highest BCUT2D eigenvalue weighted by Crippen LogP contribution is 2.56. The van der Waals surface area contributed by atoms with Crippen LogP contribution in [0, 0.1) is 0 Å². The molecule has 0 unspecified atom stereocenters. The Kier molecular flexibility index (Phi) is 15.0. The molecule has 12 heterocycles. The van der Waals surface area contributed by atoms with Crippen molar-refractivity contribution in [1.29, 1.82) is 0 Å². The average molecular weight is 1780 g/mol. The second kappa shape index (κ2) is 27.9. The van der Waals surface area contributed by atoms with Crippen LogP contribution in [0.5, 0.6) is 0 Å². The minimum Gasteiger partial charge on any atom is -0.276 e. The Morgan fingerprint density at radius 2 is 0.464 bits per heavy atom. The van der Waals surface area contributed by atoms with E-state index in [1.807, 2.05) is 49.1 Å². The van der Waals surface area contributed by atoms with E-state index in [4.69, 9.17) is 39.9 Å². The zero-order valence-electron chi connectivity index (χ0n) is 75.7. The summed E-state index contributed by atoms with van der Waals surface area (Å²) in [5.41, 5.74) is 61.4. The molecule has 12 nitrogen and oxygen atoms in total. The summed E-state index contributed by atoms with van der Waals surface area (Å²) < 4.78 is 8.98. The third-order valence-corrected chi connectivity index (χ3v) is 32.2. The summed E-state index contributed by atoms with van der Waals surface area (Å²) in [6.45, 7) is 0. The Hall–Kier alpha value is -18.0. The van der Waals surface area contributed by atoms with Crippen LogP contribution in [0.4, 0.5) is 0 Å². The van der Waals surface area contributed by atoms with Gasteiger partial charge in [0.1, 0.15) is 45.2 Å². The second-order valence-corrected chi connectivity index (χ2v) is 39.3. The van der Waals surface area contributed by atoms with Gasteiger partial charge in [-0.25, -0.2) is 39.9 Å². The van der Waals surface area contributed by atoms with Crippen LogP contribution in [0.2, 0.25) is 0 Å². The summed E-state index contributed by atoms with van der Waals surface area (Å²) in [4.78, 5) is 39.7. The van der Waals surface area contributed by atoms with Gasteiger partial charge in [0.05, 0.1) is 44.1 Å². The number of hydrogen-bond acceptors (Lipinski definition) is 8. The maximum atomic E-state index is 5.17. The van der Waals surface area contributed by atoms with Crippen LogP contribution in [0.15, 0.2) is 365 Å². The first-order valence-corrected chi connectivity index (χ1v) is 48.8. The normalized spacial score (nSPS) is 13.5. The molecule has 36 rings (SSSR count). The molecule has 0 saturated heterocycles. The van der Waals surface area contributed by atoms with Crippen LogP contribution in [0.3, 0.4) is 0 Å². The van der Waals surface area contributed by atoms with E-state index in [1.165, 1.54) is 243 Å². The molecule has 140 heavy (non-hydrogen) atoms. The quantitative estimate of drug-likeness (QED) is 0.138. The van der Waals surface area contributed by atoms with Crippen LogP contribution in [0.25, 0.3) is 243 Å². The van der Waals surface area contributed by atoms with Crippen LogP contribution < -0.4 is 0 Å². The molecule has 0 fully saturated rings. The van der Waals surface area contributed by atoms with E-state index in [0.717, 1.165) is 141 Å². The van der Waals surface area contributed by atoms with Crippen molar-refractivity contribution in [2.24, 2.45) is 0 Å². The summed E-state index contributed by atoms with van der Waals surface area (Å²) >= 11 is 0. The number of benzene rings is 16. The van der Waals surface area contributed by atoms with E-state index in [-0.39, 0.29) is 0 Å². The Bertz CT molecular complexity index is 10700. The number of rotatable bonds is 0. The molecule has 0 radical (unpaired) electrons. The number of pyridine rings is 8. The van der Waals surface area contributed by atoms with Crippen molar-refractivity contribution >= 4 is 154 Å². The van der Waals surface area contributed by atoms with Gasteiger partial charge in [-0.3, -0.25) is 17.6 Å². The molecule has 0 N–H and O–H groups in total. The van der Waals surface area contributed by atoms with E-state index < -0.39 is 0 Å². The van der Waals surface area contributed by atoms with Crippen molar-refractivity contribution in [3.63, 3.8) is 0 Å². The van der Waals surface area contributed by atoms with Crippen molar-refractivity contribution in [2.75, 3.05) is 0 Å². The van der Waals surface area contributed by atoms with Crippen molar-refractivity contribution < 1.29 is 0 Å². The highest BCUT2D eigenvalue weighted by Gasteiger charge is 2.36. The third kappa shape index (κ3) is 10.3. The van der Waals surface area contributed by atoms with E-state index in [1.54, 1.807) is 0 Å². The van der Waals surface area contributed by atoms with Crippen LogP contribution in [-0.4, -0.2) is 57.5 Å². The molecule has 0 atom stereocenters. The molecule has 0 saturated carbocycles. The lowest BCUT2D eigenvalue weighted by Crippen LogP contribution is -1.96. The molecule has 0 aliphatic heterocycles. The first kappa shape index (κ1) is 75.3. The number of nitrogens with zero attached hydrogens (tertiary/aromatic N) is 12. The van der Waals surface area contributed by atoms with Gasteiger partial charge >= 0.3 is 0 Å². The first-order valence-electron chi connectivity index (χ1n) is 48.8. The van der Waals surface area contributed by atoms with Crippen molar-refractivity contribution in [2.45, 2.75) is 51.4 Å². The minimum absolute atomic E-state index is 0.933. The van der Waals surface area contributed by atoms with Crippen molar-refractivity contribution in [3.8, 4) is 89.0 Å². The Labute approximate surface area is 799 Å². The van der Waals surface area contributed by atoms with Gasteiger partial charge in [0.15, 0.2) is 0 Å². The van der Waals surface area contributed by atoms with Crippen LogP contribution >= 0.6 is 0 Å². The van der Waals surface area contributed by atoms with Crippen molar-refractivity contribution in [1.82, 2.24) is 57.5 Å². The van der Waals surface area contributed by atoms with Gasteiger partial charge in [0.2, 0.25) is 0 Å². The molecule has 12 aromatic heterocycles. The topological polar surface area (TPSA) is 121 Å². The Balaban J connectivity index is 0.0000000829. The summed E-state index contributed by atoms with van der Waals surface area (Å²) in [6.07, 6.45) is 15.4. The smallest absolute Gasteiger partial charge is 0.147 e. The molecule has 0 bridgehead atoms. The van der Waals surface area contributed by atoms with Gasteiger partial charge in [0.25, 0.3) is 0 Å². The largest absolute Gasteiger partial charge is 0.276 e. The standard InChI is InChI=1S/4C32H19N3/c1-2-7-21-18(6-1)16-19-11-12-20-17-25-23(29(20)28(19)21)14-13-22-24-8-5-15-33-31(24)35-27-10-4-3-9-26(27)34-32(35)30(22)25;1-2-7-21-18(6-1)14-19-15-20-16-27-22(26(20)17-25(19)21)11-12-23-24-8-5-13-33-31(24)35-29-10-4-3-9-28(29)34-32(35)30(23)27;1-2-7-21-18(6-1)14-19-11-12-22-24-17-25-23-8-5-13-33-31(23)35-29-10-4-3-9-28(29)34-32(35)27(25)16-20(24)15-26(22)30(19)21;1-2-7-22-18(6-1)12-19-15-25-20(14-24(19)22)13-21-16-28-27(17-26(21)25)23-8-5-11-33-31(23)35-30-10-4-3-9-29(30)34-32(28)35/h1-15H,16-17H2;1-13,15,17H,14,16H2;1-13,16-17H,14-15H2;1-11,14-17H,12-13H2. The van der Waals surface area contributed by atoms with E-state index in [0.29, 0.717) is 0 Å². The summed E-state index contributed by atoms with van der Waals surface area (Å²) in [7, 11) is 0. The molecule has 12 heteroatoms. The van der Waals surface area contributed by atoms with Gasteiger partial charge < -0.3 is 0 Å². The van der Waals surface area contributed by atoms with Crippen LogP contribution in [0.1, 0.15) is 89.0 Å². The molecule has 648 valence electrons. The first-order chi connectivity index (χ1) is 69.4. The predicted octanol–water partition coefficient (Wildman–Crippen LogP) is 29.3. The zero-order valence-corrected chi connectivity index (χ0v) is 75.7. The molecular formula is C128H76N12. The maximum Gasteiger partial charge on any atom is 0.147 e. The summed E-state index contributed by atoms with van der Waals surface area (Å²) in [6, 6.07) is 124. The number of para-hydroxylation sites is 8. The maximum absolute atomic E-state index is 5.17. The molecule has 0 spiro atoms. The lowest BCUT2D eigenvalue weighted by atomic mass is 9.93. The molecule has 16 aromatic carbocycles. The highest BCUT2D eigenvalue weighted by molar-refractivity contribution is 6.21. The Morgan fingerprint density at radius 1 is 0.157 bits per heavy atom. The number of aromatic nitrogens is 12. The molecule has 8 aliphatic rings. The van der Waals surface area contributed by atoms with Gasteiger partial charge in [-0.1, -0.05) is 200 Å². The van der Waals surface area contributed by atoms with E-state index >= 15 is 0 Å². The van der Waals surface area contributed by atoms with Crippen LogP contribution in [-0.2, 0) is 51.4 Å². The minimum atomic E-state index is 0.933. The average Bonchev–Trinajstić information content (AvgIpc) is 1.55. The number of fused-ring (bicyclic) bond motifs is 60. The fraction of sp³-hybridized carbons (Fsp3) is 0.0625. The Morgan fingerprint density at radius 3 is 0.986 bits per heavy atom. The van der Waals surface area contributed by atoms with Gasteiger partial charge in [-0.15, -0.1) is 0 Å². The fourth-order valence-corrected chi connectivity index (χ4v) is 26.3. The fourth-order valence-electron chi connectivity index (χ4n) is 26.3. The molecule has 28 aromatic rings. The van der Waals surface area contributed by atoms with Crippen molar-refractivity contribution in [3.05, 3.63) is 454 Å². The predicted molar refractivity (Wildman–Crippen MR) is 568 cm³/mol. The summed E-state index contributed by atoms with van der Waals surface area (Å²) in [5, 5.41) is 14.5. The monoisotopic (exact) mass is 1780 g/mol. The summed E-state index contributed by atoms with van der Waals surface area (Å²) in [5.74, 6) is 0. The molecule has 8 aliphatic carbocycles. The van der Waals surface area contributed by atoms with Gasteiger partial charge in [0, 0.05) is 67.9 Å². The third-order valence-electron chi connectivity index (χ3n) is 32.2. The van der Waals surface area contributed by atoms with Gasteiger partial charge in [-0.05, 0) is 390 Å². The van der Waals surface area contributed by atoms with Gasteiger partial charge in [-0.2, -0.15) is 0 Å². The zero-order chi connectivity index (χ0) is 90.7. The van der Waals surface area contributed by atoms with E-state index in [2.05, 4.69) is 333 Å². The van der Waals surface area contributed by atoms with E-state index in [9.17, 15) is 0 Å². The number of imidazole rings is 4. The molecular weight excluding hydrogens is 1710 g/mol. The number of hydrogen-bond donors (Lipinski definition) is 0. The lowest BCUT2D eigenvalue weighted by Gasteiger charge is -2.13. The SMILES string of the molecule is c1ccc2c(c1)Cc1cc3c(cc1-2)-c1ccc2c4cccnc4n4c5ccccc5nc4c2c1C3.c1ccc2c(c1)Cc1cc3c(cc1-2)Cc1cc2c(cc1-3)c1cccnc1n1c3ccccc3nc21.c1ccc2c(c1)Cc1ccc3c(c1-2)-c1ccc2c4cccnc4n4c5ccccc5nc4c2c1C3.c1ccc2c(c1)Cc1ccc3c(c1-2)Cc1cc2c(cc1-3)c1cccnc1n1c3ccccc3nc21. The second-order valence-electron chi connectivity index (χ2n) is 39.3.